The van der Waals surface area contributed by atoms with Gasteiger partial charge in [-0.15, -0.1) is 13.2 Å². The molecule has 1 saturated carbocycles. The first-order chi connectivity index (χ1) is 10.8. The molecule has 23 heavy (non-hydrogen) atoms. The molecule has 2 N–H and O–H groups in total. The standard InChI is InChI=1S/C16H20F3NO3/c17-16(18,19)23-15-4-2-1-3-10(15)7-20-8-11-5-13(21)14(22)6-12(11)9-20/h1-4,11-14,21-22H,5-9H2/t11-,12+,13-,14-/m1/s1. The number of benzene rings is 1. The van der Waals surface area contributed by atoms with E-state index in [0.717, 1.165) is 13.1 Å². The first-order valence-electron chi connectivity index (χ1n) is 7.74. The summed E-state index contributed by atoms with van der Waals surface area (Å²) in [6, 6.07) is 6.16. The summed E-state index contributed by atoms with van der Waals surface area (Å²) in [5.41, 5.74) is 0.490. The van der Waals surface area contributed by atoms with Gasteiger partial charge in [0.15, 0.2) is 0 Å². The molecule has 128 valence electrons. The van der Waals surface area contributed by atoms with Crippen LogP contribution in [-0.2, 0) is 6.54 Å². The second kappa shape index (κ2) is 6.30. The number of fused-ring (bicyclic) bond motifs is 1. The number of aliphatic hydroxyl groups is 2. The van der Waals surface area contributed by atoms with E-state index in [1.165, 1.54) is 12.1 Å². The van der Waals surface area contributed by atoms with Crippen LogP contribution in [0.25, 0.3) is 0 Å². The van der Waals surface area contributed by atoms with E-state index in [1.54, 1.807) is 12.1 Å². The Labute approximate surface area is 132 Å². The summed E-state index contributed by atoms with van der Waals surface area (Å²) < 4.78 is 41.5. The Hall–Kier alpha value is -1.31. The average molecular weight is 331 g/mol. The van der Waals surface area contributed by atoms with Crippen molar-refractivity contribution in [2.45, 2.75) is 38.0 Å². The van der Waals surface area contributed by atoms with Gasteiger partial charge < -0.3 is 14.9 Å². The number of para-hydroxylation sites is 1. The third-order valence-corrected chi connectivity index (χ3v) is 4.78. The number of alkyl halides is 3. The fourth-order valence-corrected chi connectivity index (χ4v) is 3.73. The molecule has 0 bridgehead atoms. The third kappa shape index (κ3) is 3.97. The second-order valence-corrected chi connectivity index (χ2v) is 6.48. The van der Waals surface area contributed by atoms with Crippen LogP contribution in [0.4, 0.5) is 13.2 Å². The van der Waals surface area contributed by atoms with Gasteiger partial charge in [-0.2, -0.15) is 0 Å². The number of ether oxygens (including phenoxy) is 1. The van der Waals surface area contributed by atoms with E-state index >= 15 is 0 Å². The molecule has 4 atom stereocenters. The molecule has 2 aliphatic rings. The summed E-state index contributed by atoms with van der Waals surface area (Å²) in [6.45, 7) is 1.80. The largest absolute Gasteiger partial charge is 0.573 e. The van der Waals surface area contributed by atoms with Crippen molar-refractivity contribution >= 4 is 0 Å². The Bertz CT molecular complexity index is 534. The summed E-state index contributed by atoms with van der Waals surface area (Å²) in [7, 11) is 0. The van der Waals surface area contributed by atoms with Crippen LogP contribution < -0.4 is 4.74 Å². The molecular formula is C16H20F3NO3. The van der Waals surface area contributed by atoms with Crippen LogP contribution in [0.3, 0.4) is 0 Å². The average Bonchev–Trinajstić information content (AvgIpc) is 2.81. The number of hydrogen-bond acceptors (Lipinski definition) is 4. The zero-order valence-electron chi connectivity index (χ0n) is 12.5. The molecule has 1 aliphatic carbocycles. The van der Waals surface area contributed by atoms with Gasteiger partial charge in [-0.25, -0.2) is 0 Å². The van der Waals surface area contributed by atoms with Crippen LogP contribution in [0.15, 0.2) is 24.3 Å². The summed E-state index contributed by atoms with van der Waals surface area (Å²) in [4.78, 5) is 2.07. The smallest absolute Gasteiger partial charge is 0.405 e. The molecule has 1 aromatic rings. The number of rotatable bonds is 3. The maximum atomic E-state index is 12.5. The van der Waals surface area contributed by atoms with E-state index in [9.17, 15) is 23.4 Å². The maximum absolute atomic E-state index is 12.5. The molecule has 7 heteroatoms. The van der Waals surface area contributed by atoms with Gasteiger partial charge in [0.05, 0.1) is 12.2 Å². The molecular weight excluding hydrogens is 311 g/mol. The van der Waals surface area contributed by atoms with Gasteiger partial charge in [0, 0.05) is 25.2 Å². The minimum Gasteiger partial charge on any atom is -0.405 e. The zero-order valence-corrected chi connectivity index (χ0v) is 12.5. The van der Waals surface area contributed by atoms with Crippen LogP contribution >= 0.6 is 0 Å². The van der Waals surface area contributed by atoms with E-state index in [2.05, 4.69) is 9.64 Å². The van der Waals surface area contributed by atoms with Crippen LogP contribution in [0.2, 0.25) is 0 Å². The van der Waals surface area contributed by atoms with Gasteiger partial charge in [-0.1, -0.05) is 18.2 Å². The van der Waals surface area contributed by atoms with E-state index in [1.807, 2.05) is 0 Å². The number of hydrogen-bond donors (Lipinski definition) is 2. The second-order valence-electron chi connectivity index (χ2n) is 6.48. The zero-order chi connectivity index (χ0) is 16.6. The summed E-state index contributed by atoms with van der Waals surface area (Å²) in [5.74, 6) is 0.392. The molecule has 3 rings (SSSR count). The number of halogens is 3. The van der Waals surface area contributed by atoms with Crippen molar-refractivity contribution in [1.29, 1.82) is 0 Å². The van der Waals surface area contributed by atoms with Crippen molar-refractivity contribution < 1.29 is 28.1 Å². The highest BCUT2D eigenvalue weighted by atomic mass is 19.4. The van der Waals surface area contributed by atoms with E-state index in [0.29, 0.717) is 24.9 Å². The Morgan fingerprint density at radius 3 is 2.17 bits per heavy atom. The Morgan fingerprint density at radius 1 is 1.04 bits per heavy atom. The monoisotopic (exact) mass is 331 g/mol. The molecule has 0 radical (unpaired) electrons. The highest BCUT2D eigenvalue weighted by Crippen LogP contribution is 2.38. The van der Waals surface area contributed by atoms with E-state index in [4.69, 9.17) is 0 Å². The quantitative estimate of drug-likeness (QED) is 0.891. The summed E-state index contributed by atoms with van der Waals surface area (Å²) in [5, 5.41) is 19.5. The summed E-state index contributed by atoms with van der Waals surface area (Å²) in [6.07, 6.45) is -5.01. The van der Waals surface area contributed by atoms with Crippen molar-refractivity contribution in [3.05, 3.63) is 29.8 Å². The molecule has 1 heterocycles. The third-order valence-electron chi connectivity index (χ3n) is 4.78. The topological polar surface area (TPSA) is 52.9 Å². The predicted molar refractivity (Wildman–Crippen MR) is 76.6 cm³/mol. The van der Waals surface area contributed by atoms with Gasteiger partial charge in [0.1, 0.15) is 5.75 Å². The van der Waals surface area contributed by atoms with E-state index in [-0.39, 0.29) is 17.6 Å². The molecule has 1 aromatic carbocycles. The van der Waals surface area contributed by atoms with Crippen molar-refractivity contribution in [1.82, 2.24) is 4.90 Å². The highest BCUT2D eigenvalue weighted by molar-refractivity contribution is 5.33. The Morgan fingerprint density at radius 2 is 1.61 bits per heavy atom. The SMILES string of the molecule is O[C@@H]1C[C@@H]2CN(Cc3ccccc3OC(F)(F)F)C[C@@H]2C[C@H]1O. The number of likely N-dealkylation sites (tertiary alicyclic amines) is 1. The fraction of sp³-hybridized carbons (Fsp3) is 0.625. The van der Waals surface area contributed by atoms with Crippen LogP contribution in [0, 0.1) is 11.8 Å². The van der Waals surface area contributed by atoms with Gasteiger partial charge in [-0.3, -0.25) is 4.90 Å². The molecule has 0 aromatic heterocycles. The van der Waals surface area contributed by atoms with Gasteiger partial charge in [-0.05, 0) is 30.7 Å². The Kier molecular flexibility index (Phi) is 4.53. The van der Waals surface area contributed by atoms with Crippen LogP contribution in [0.5, 0.6) is 5.75 Å². The minimum absolute atomic E-state index is 0.171. The molecule has 4 nitrogen and oxygen atoms in total. The maximum Gasteiger partial charge on any atom is 0.573 e. The lowest BCUT2D eigenvalue weighted by Gasteiger charge is -2.32. The molecule has 1 saturated heterocycles. The van der Waals surface area contributed by atoms with Gasteiger partial charge in [0.25, 0.3) is 0 Å². The lowest BCUT2D eigenvalue weighted by Crippen LogP contribution is -2.38. The molecule has 0 unspecified atom stereocenters. The van der Waals surface area contributed by atoms with Crippen molar-refractivity contribution in [3.63, 3.8) is 0 Å². The number of nitrogens with zero attached hydrogens (tertiary/aromatic N) is 1. The van der Waals surface area contributed by atoms with Gasteiger partial charge in [0.2, 0.25) is 0 Å². The normalized spacial score (nSPS) is 31.9. The Balaban J connectivity index is 1.67. The number of aliphatic hydroxyl groups excluding tert-OH is 2. The summed E-state index contributed by atoms with van der Waals surface area (Å²) >= 11 is 0. The first kappa shape index (κ1) is 16.5. The van der Waals surface area contributed by atoms with E-state index < -0.39 is 18.6 Å². The first-order valence-corrected chi connectivity index (χ1v) is 7.74. The molecule has 0 spiro atoms. The van der Waals surface area contributed by atoms with Crippen molar-refractivity contribution in [2.24, 2.45) is 11.8 Å². The lowest BCUT2D eigenvalue weighted by molar-refractivity contribution is -0.275. The van der Waals surface area contributed by atoms with Crippen molar-refractivity contribution in [2.75, 3.05) is 13.1 Å². The lowest BCUT2D eigenvalue weighted by atomic mass is 9.79. The van der Waals surface area contributed by atoms with Gasteiger partial charge >= 0.3 is 6.36 Å². The fourth-order valence-electron chi connectivity index (χ4n) is 3.73. The molecule has 0 amide bonds. The van der Waals surface area contributed by atoms with Crippen LogP contribution in [0.1, 0.15) is 18.4 Å². The highest BCUT2D eigenvalue weighted by Gasteiger charge is 2.41. The van der Waals surface area contributed by atoms with Crippen LogP contribution in [-0.4, -0.2) is 46.8 Å². The molecule has 1 aliphatic heterocycles. The van der Waals surface area contributed by atoms with Crippen molar-refractivity contribution in [3.8, 4) is 5.75 Å². The predicted octanol–water partition coefficient (Wildman–Crippen LogP) is 2.15. The molecule has 2 fully saturated rings. The minimum atomic E-state index is -4.71.